The van der Waals surface area contributed by atoms with Gasteiger partial charge in [-0.3, -0.25) is 4.79 Å². The van der Waals surface area contributed by atoms with Crippen LogP contribution in [0.5, 0.6) is 0 Å². The Morgan fingerprint density at radius 3 is 2.69 bits per heavy atom. The van der Waals surface area contributed by atoms with Crippen molar-refractivity contribution in [2.45, 2.75) is 25.1 Å². The van der Waals surface area contributed by atoms with Gasteiger partial charge in [0, 0.05) is 31.3 Å². The summed E-state index contributed by atoms with van der Waals surface area (Å²) in [7, 11) is 0. The highest BCUT2D eigenvalue weighted by Gasteiger charge is 2.33. The fraction of sp³-hybridized carbons (Fsp3) is 0.375. The highest BCUT2D eigenvalue weighted by atomic mass is 19.4. The molecule has 1 aliphatic heterocycles. The second kappa shape index (κ2) is 7.14. The van der Waals surface area contributed by atoms with E-state index in [0.717, 1.165) is 12.4 Å². The number of alkyl halides is 3. The van der Waals surface area contributed by atoms with Crippen LogP contribution in [0.2, 0.25) is 0 Å². The Balaban J connectivity index is 1.58. The van der Waals surface area contributed by atoms with E-state index in [1.165, 1.54) is 18.5 Å². The molecular weight excluding hydrogens is 351 g/mol. The molecule has 2 aromatic rings. The van der Waals surface area contributed by atoms with Crippen molar-refractivity contribution in [3.8, 4) is 0 Å². The Bertz CT molecular complexity index is 791. The molecule has 3 heterocycles. The van der Waals surface area contributed by atoms with Gasteiger partial charge in [-0.05, 0) is 18.9 Å². The topological polar surface area (TPSA) is 85.1 Å². The summed E-state index contributed by atoms with van der Waals surface area (Å²) in [5.41, 5.74) is -0.719. The van der Waals surface area contributed by atoms with Crippen LogP contribution in [-0.2, 0) is 6.18 Å². The number of aromatic nitrogens is 3. The fourth-order valence-electron chi connectivity index (χ4n) is 2.79. The number of nitrogens with zero attached hydrogens (tertiary/aromatic N) is 4. The third-order valence-corrected chi connectivity index (χ3v) is 4.13. The smallest absolute Gasteiger partial charge is 0.433 e. The number of hydrogen-bond donors (Lipinski definition) is 1. The molecule has 0 spiro atoms. The molecule has 10 heteroatoms. The predicted octanol–water partition coefficient (Wildman–Crippen LogP) is 1.53. The first-order valence-corrected chi connectivity index (χ1v) is 7.97. The van der Waals surface area contributed by atoms with Gasteiger partial charge in [-0.25, -0.2) is 9.97 Å². The number of hydrogen-bond acceptors (Lipinski definition) is 5. The van der Waals surface area contributed by atoms with Crippen molar-refractivity contribution in [2.24, 2.45) is 0 Å². The average Bonchev–Trinajstić information content (AvgIpc) is 2.62. The third kappa shape index (κ3) is 4.19. The number of anilines is 1. The summed E-state index contributed by atoms with van der Waals surface area (Å²) in [6.45, 7) is 0.908. The number of rotatable bonds is 3. The van der Waals surface area contributed by atoms with E-state index in [0.29, 0.717) is 30.7 Å². The van der Waals surface area contributed by atoms with E-state index in [4.69, 9.17) is 0 Å². The summed E-state index contributed by atoms with van der Waals surface area (Å²) < 4.78 is 38.8. The van der Waals surface area contributed by atoms with Crippen LogP contribution >= 0.6 is 0 Å². The van der Waals surface area contributed by atoms with Crippen molar-refractivity contribution >= 4 is 11.7 Å². The lowest BCUT2D eigenvalue weighted by atomic mass is 10.0. The molecule has 0 unspecified atom stereocenters. The van der Waals surface area contributed by atoms with E-state index in [9.17, 15) is 23.2 Å². The largest absolute Gasteiger partial charge is 0.619 e. The van der Waals surface area contributed by atoms with Crippen LogP contribution in [0.3, 0.4) is 0 Å². The van der Waals surface area contributed by atoms with Crippen LogP contribution < -0.4 is 14.9 Å². The summed E-state index contributed by atoms with van der Waals surface area (Å²) in [5, 5.41) is 14.1. The van der Waals surface area contributed by atoms with Gasteiger partial charge in [0.25, 0.3) is 5.91 Å². The normalized spacial score (nSPS) is 15.7. The van der Waals surface area contributed by atoms with Crippen LogP contribution in [0.25, 0.3) is 0 Å². The zero-order valence-electron chi connectivity index (χ0n) is 13.6. The Kier molecular flexibility index (Phi) is 4.92. The molecule has 0 aliphatic carbocycles. The molecular formula is C16H16F3N5O2. The SMILES string of the molecule is O=C(NC1CCN(c2cc(C(F)(F)F)ncn2)CC1)c1ccc[n+]([O-])c1. The lowest BCUT2D eigenvalue weighted by Gasteiger charge is -2.33. The van der Waals surface area contributed by atoms with Crippen molar-refractivity contribution < 1.29 is 22.7 Å². The minimum atomic E-state index is -4.52. The van der Waals surface area contributed by atoms with Gasteiger partial charge in [0.2, 0.25) is 0 Å². The Morgan fingerprint density at radius 1 is 1.31 bits per heavy atom. The van der Waals surface area contributed by atoms with Gasteiger partial charge < -0.3 is 15.4 Å². The summed E-state index contributed by atoms with van der Waals surface area (Å²) >= 11 is 0. The molecule has 0 radical (unpaired) electrons. The fourth-order valence-corrected chi connectivity index (χ4v) is 2.79. The maximum atomic E-state index is 12.7. The Labute approximate surface area is 147 Å². The van der Waals surface area contributed by atoms with E-state index in [2.05, 4.69) is 15.3 Å². The molecule has 26 heavy (non-hydrogen) atoms. The highest BCUT2D eigenvalue weighted by molar-refractivity contribution is 5.93. The van der Waals surface area contributed by atoms with Gasteiger partial charge in [-0.1, -0.05) is 0 Å². The van der Waals surface area contributed by atoms with Gasteiger partial charge in [0.1, 0.15) is 23.4 Å². The minimum Gasteiger partial charge on any atom is -0.619 e. The van der Waals surface area contributed by atoms with Gasteiger partial charge >= 0.3 is 6.18 Å². The van der Waals surface area contributed by atoms with Gasteiger partial charge in [0.05, 0.1) is 0 Å². The van der Waals surface area contributed by atoms with Crippen LogP contribution in [0.4, 0.5) is 19.0 Å². The third-order valence-electron chi connectivity index (χ3n) is 4.13. The number of carbonyl (C=O) groups excluding carboxylic acids is 1. The van der Waals surface area contributed by atoms with Crippen LogP contribution in [-0.4, -0.2) is 35.0 Å². The molecule has 1 fully saturated rings. The molecule has 0 atom stereocenters. The molecule has 1 amide bonds. The average molecular weight is 367 g/mol. The first-order chi connectivity index (χ1) is 12.3. The monoisotopic (exact) mass is 367 g/mol. The van der Waals surface area contributed by atoms with Crippen molar-refractivity contribution in [1.82, 2.24) is 15.3 Å². The predicted molar refractivity (Wildman–Crippen MR) is 85.1 cm³/mol. The number of piperidine rings is 1. The zero-order valence-corrected chi connectivity index (χ0v) is 13.6. The minimum absolute atomic E-state index is 0.122. The quantitative estimate of drug-likeness (QED) is 0.657. The molecule has 3 rings (SSSR count). The standard InChI is InChI=1S/C16H16F3N5O2/c17-16(18,19)13-8-14(21-10-20-13)23-6-3-12(4-7-23)22-15(25)11-2-1-5-24(26)9-11/h1-2,5,8-10,12H,3-4,6-7H2,(H,22,25). The van der Waals surface area contributed by atoms with E-state index in [1.54, 1.807) is 11.0 Å². The van der Waals surface area contributed by atoms with Crippen LogP contribution in [0.15, 0.2) is 36.9 Å². The second-order valence-electron chi connectivity index (χ2n) is 5.95. The van der Waals surface area contributed by atoms with E-state index in [1.807, 2.05) is 0 Å². The first-order valence-electron chi connectivity index (χ1n) is 7.97. The maximum absolute atomic E-state index is 12.7. The van der Waals surface area contributed by atoms with Crippen molar-refractivity contribution in [2.75, 3.05) is 18.0 Å². The van der Waals surface area contributed by atoms with Crippen molar-refractivity contribution in [1.29, 1.82) is 0 Å². The van der Waals surface area contributed by atoms with Crippen LogP contribution in [0.1, 0.15) is 28.9 Å². The van der Waals surface area contributed by atoms with Gasteiger partial charge in [0.15, 0.2) is 12.4 Å². The highest BCUT2D eigenvalue weighted by Crippen LogP contribution is 2.29. The van der Waals surface area contributed by atoms with E-state index < -0.39 is 11.9 Å². The second-order valence-corrected chi connectivity index (χ2v) is 5.95. The molecule has 0 bridgehead atoms. The number of amides is 1. The molecule has 2 aromatic heterocycles. The molecule has 7 nitrogen and oxygen atoms in total. The first kappa shape index (κ1) is 17.9. The molecule has 138 valence electrons. The zero-order chi connectivity index (χ0) is 18.7. The molecule has 1 saturated heterocycles. The number of pyridine rings is 1. The number of nitrogens with one attached hydrogen (secondary N) is 1. The Morgan fingerprint density at radius 2 is 2.04 bits per heavy atom. The maximum Gasteiger partial charge on any atom is 0.433 e. The summed E-state index contributed by atoms with van der Waals surface area (Å²) in [5.74, 6) is -0.136. The van der Waals surface area contributed by atoms with Gasteiger partial charge in [-0.15, -0.1) is 0 Å². The summed E-state index contributed by atoms with van der Waals surface area (Å²) in [6.07, 6.45) is -0.0312. The summed E-state index contributed by atoms with van der Waals surface area (Å²) in [4.78, 5) is 21.0. The molecule has 1 aliphatic rings. The molecule has 0 saturated carbocycles. The number of carbonyl (C=O) groups is 1. The van der Waals surface area contributed by atoms with Crippen LogP contribution in [0, 0.1) is 5.21 Å². The van der Waals surface area contributed by atoms with E-state index in [-0.39, 0.29) is 23.3 Å². The lowest BCUT2D eigenvalue weighted by Crippen LogP contribution is -2.45. The number of halogens is 3. The van der Waals surface area contributed by atoms with E-state index >= 15 is 0 Å². The molecule has 1 N–H and O–H groups in total. The lowest BCUT2D eigenvalue weighted by molar-refractivity contribution is -0.605. The van der Waals surface area contributed by atoms with Gasteiger partial charge in [-0.2, -0.15) is 17.9 Å². The van der Waals surface area contributed by atoms with Crippen molar-refractivity contribution in [3.05, 3.63) is 53.4 Å². The Hall–Kier alpha value is -2.91. The van der Waals surface area contributed by atoms with Crippen molar-refractivity contribution in [3.63, 3.8) is 0 Å². The summed E-state index contributed by atoms with van der Waals surface area (Å²) in [6, 6.07) is 3.83. The molecule has 0 aromatic carbocycles.